The lowest BCUT2D eigenvalue weighted by Gasteiger charge is -2.15. The lowest BCUT2D eigenvalue weighted by Crippen LogP contribution is -2.27. The van der Waals surface area contributed by atoms with Crippen LogP contribution in [0.2, 0.25) is 0 Å². The minimum atomic E-state index is 0.271. The molecule has 1 unspecified atom stereocenters. The summed E-state index contributed by atoms with van der Waals surface area (Å²) in [5.41, 5.74) is 8.55. The normalized spacial score (nSPS) is 13.4. The van der Waals surface area contributed by atoms with E-state index in [9.17, 15) is 0 Å². The molecule has 0 amide bonds. The fourth-order valence-electron chi connectivity index (χ4n) is 1.89. The molecule has 4 heteroatoms. The van der Waals surface area contributed by atoms with Crippen LogP contribution >= 0.6 is 15.9 Å². The first-order chi connectivity index (χ1) is 8.01. The lowest BCUT2D eigenvalue weighted by atomic mass is 9.99. The second kappa shape index (κ2) is 6.55. The minimum Gasteiger partial charge on any atom is -0.327 e. The maximum absolute atomic E-state index is 6.10. The number of hydrogen-bond acceptors (Lipinski definition) is 2. The van der Waals surface area contributed by atoms with Crippen molar-refractivity contribution in [3.8, 4) is 0 Å². The van der Waals surface area contributed by atoms with Crippen LogP contribution in [0.1, 0.15) is 45.5 Å². The second-order valence-electron chi connectivity index (χ2n) is 4.82. The summed E-state index contributed by atoms with van der Waals surface area (Å²) in [6, 6.07) is 0.271. The van der Waals surface area contributed by atoms with Gasteiger partial charge >= 0.3 is 0 Å². The Morgan fingerprint density at radius 1 is 1.35 bits per heavy atom. The van der Waals surface area contributed by atoms with Crippen LogP contribution in [0.25, 0.3) is 0 Å². The Balaban J connectivity index is 2.79. The average molecular weight is 302 g/mol. The summed E-state index contributed by atoms with van der Waals surface area (Å²) in [5.74, 6) is 0.539. The summed E-state index contributed by atoms with van der Waals surface area (Å²) in [4.78, 5) is 0. The molecule has 0 saturated carbocycles. The zero-order valence-corrected chi connectivity index (χ0v) is 12.9. The quantitative estimate of drug-likeness (QED) is 0.877. The first-order valence-electron chi connectivity index (χ1n) is 6.50. The molecule has 0 spiro atoms. The molecular formula is C13H24BrN3. The van der Waals surface area contributed by atoms with E-state index < -0.39 is 0 Å². The third-order valence-corrected chi connectivity index (χ3v) is 4.18. The topological polar surface area (TPSA) is 43.8 Å². The molecule has 1 aromatic heterocycles. The van der Waals surface area contributed by atoms with Crippen LogP contribution in [-0.2, 0) is 19.4 Å². The largest absolute Gasteiger partial charge is 0.327 e. The van der Waals surface area contributed by atoms with Gasteiger partial charge in [-0.3, -0.25) is 4.68 Å². The van der Waals surface area contributed by atoms with E-state index in [1.165, 1.54) is 10.2 Å². The minimum absolute atomic E-state index is 0.271. The van der Waals surface area contributed by atoms with E-state index in [0.29, 0.717) is 5.92 Å². The van der Waals surface area contributed by atoms with E-state index in [0.717, 1.165) is 31.5 Å². The average Bonchev–Trinajstić information content (AvgIpc) is 2.62. The van der Waals surface area contributed by atoms with Gasteiger partial charge in [0.1, 0.15) is 0 Å². The van der Waals surface area contributed by atoms with Gasteiger partial charge in [0, 0.05) is 12.6 Å². The Morgan fingerprint density at radius 2 is 2.00 bits per heavy atom. The summed E-state index contributed by atoms with van der Waals surface area (Å²) in [5, 5.41) is 4.60. The van der Waals surface area contributed by atoms with Crippen molar-refractivity contribution in [1.82, 2.24) is 9.78 Å². The van der Waals surface area contributed by atoms with Crippen molar-refractivity contribution in [2.45, 2.75) is 59.5 Å². The van der Waals surface area contributed by atoms with E-state index in [1.807, 2.05) is 0 Å². The van der Waals surface area contributed by atoms with Crippen LogP contribution < -0.4 is 5.73 Å². The number of aromatic nitrogens is 2. The summed E-state index contributed by atoms with van der Waals surface area (Å²) in [7, 11) is 0. The molecular weight excluding hydrogens is 278 g/mol. The Hall–Kier alpha value is -0.350. The summed E-state index contributed by atoms with van der Waals surface area (Å²) < 4.78 is 3.27. The molecule has 0 fully saturated rings. The molecule has 0 aromatic carbocycles. The molecule has 1 atom stereocenters. The molecule has 0 aliphatic rings. The molecule has 98 valence electrons. The Bertz CT molecular complexity index is 358. The predicted molar refractivity (Wildman–Crippen MR) is 76.1 cm³/mol. The molecule has 0 saturated heterocycles. The molecule has 1 heterocycles. The molecule has 2 N–H and O–H groups in total. The maximum atomic E-state index is 6.10. The van der Waals surface area contributed by atoms with Gasteiger partial charge < -0.3 is 5.73 Å². The molecule has 3 nitrogen and oxygen atoms in total. The van der Waals surface area contributed by atoms with Crippen molar-refractivity contribution >= 4 is 15.9 Å². The molecule has 1 rings (SSSR count). The van der Waals surface area contributed by atoms with Crippen LogP contribution in [0.4, 0.5) is 0 Å². The first kappa shape index (κ1) is 14.7. The third kappa shape index (κ3) is 3.55. The number of nitrogens with two attached hydrogens (primary N) is 1. The fourth-order valence-corrected chi connectivity index (χ4v) is 2.66. The predicted octanol–water partition coefficient (Wildman–Crippen LogP) is 3.14. The van der Waals surface area contributed by atoms with Gasteiger partial charge in [-0.15, -0.1) is 0 Å². The van der Waals surface area contributed by atoms with Crippen LogP contribution in [0.3, 0.4) is 0 Å². The third-order valence-electron chi connectivity index (χ3n) is 3.26. The van der Waals surface area contributed by atoms with Crippen molar-refractivity contribution in [3.05, 3.63) is 15.9 Å². The van der Waals surface area contributed by atoms with Gasteiger partial charge in [-0.2, -0.15) is 5.10 Å². The van der Waals surface area contributed by atoms with E-state index in [2.05, 4.69) is 53.4 Å². The van der Waals surface area contributed by atoms with Gasteiger partial charge in [0.25, 0.3) is 0 Å². The summed E-state index contributed by atoms with van der Waals surface area (Å²) in [6.45, 7) is 9.54. The molecule has 1 aromatic rings. The monoisotopic (exact) mass is 301 g/mol. The van der Waals surface area contributed by atoms with Crippen LogP contribution in [0.15, 0.2) is 4.47 Å². The molecule has 0 radical (unpaired) electrons. The lowest BCUT2D eigenvalue weighted by molar-refractivity contribution is 0.456. The number of rotatable bonds is 6. The maximum Gasteiger partial charge on any atom is 0.0766 e. The summed E-state index contributed by atoms with van der Waals surface area (Å²) in [6.07, 6.45) is 2.99. The SMILES string of the molecule is CCc1nn(CC)c(CCC(N)C(C)C)c1Br. The standard InChI is InChI=1S/C13H24BrN3/c1-5-11-13(14)12(17(6-2)16-11)8-7-10(15)9(3)4/h9-10H,5-8,15H2,1-4H3. The van der Waals surface area contributed by atoms with Crippen LogP contribution in [0.5, 0.6) is 0 Å². The Kier molecular flexibility index (Phi) is 5.67. The Morgan fingerprint density at radius 3 is 2.47 bits per heavy atom. The number of halogens is 1. The van der Waals surface area contributed by atoms with Crippen LogP contribution in [0, 0.1) is 5.92 Å². The van der Waals surface area contributed by atoms with E-state index in [4.69, 9.17) is 5.73 Å². The number of nitrogens with zero attached hydrogens (tertiary/aromatic N) is 2. The van der Waals surface area contributed by atoms with Gasteiger partial charge in [-0.1, -0.05) is 20.8 Å². The number of aryl methyl sites for hydroxylation is 2. The van der Waals surface area contributed by atoms with Gasteiger partial charge in [0.05, 0.1) is 15.9 Å². The molecule has 0 aliphatic carbocycles. The zero-order chi connectivity index (χ0) is 13.0. The van der Waals surface area contributed by atoms with E-state index >= 15 is 0 Å². The smallest absolute Gasteiger partial charge is 0.0766 e. The van der Waals surface area contributed by atoms with E-state index in [1.54, 1.807) is 0 Å². The van der Waals surface area contributed by atoms with Gasteiger partial charge in [0.2, 0.25) is 0 Å². The second-order valence-corrected chi connectivity index (χ2v) is 5.62. The molecule has 0 aliphatic heterocycles. The highest BCUT2D eigenvalue weighted by Gasteiger charge is 2.15. The molecule has 0 bridgehead atoms. The van der Waals surface area contributed by atoms with Gasteiger partial charge in [-0.25, -0.2) is 0 Å². The van der Waals surface area contributed by atoms with Gasteiger partial charge in [-0.05, 0) is 48.0 Å². The van der Waals surface area contributed by atoms with E-state index in [-0.39, 0.29) is 6.04 Å². The highest BCUT2D eigenvalue weighted by Crippen LogP contribution is 2.24. The highest BCUT2D eigenvalue weighted by atomic mass is 79.9. The fraction of sp³-hybridized carbons (Fsp3) is 0.769. The number of hydrogen-bond donors (Lipinski definition) is 1. The Labute approximate surface area is 113 Å². The van der Waals surface area contributed by atoms with Crippen LogP contribution in [-0.4, -0.2) is 15.8 Å². The van der Waals surface area contributed by atoms with Crippen molar-refractivity contribution in [2.24, 2.45) is 11.7 Å². The zero-order valence-electron chi connectivity index (χ0n) is 11.3. The summed E-state index contributed by atoms with van der Waals surface area (Å²) >= 11 is 3.67. The van der Waals surface area contributed by atoms with Crippen molar-refractivity contribution in [3.63, 3.8) is 0 Å². The van der Waals surface area contributed by atoms with Crippen molar-refractivity contribution in [2.75, 3.05) is 0 Å². The molecule has 17 heavy (non-hydrogen) atoms. The van der Waals surface area contributed by atoms with Crippen molar-refractivity contribution < 1.29 is 0 Å². The van der Waals surface area contributed by atoms with Gasteiger partial charge in [0.15, 0.2) is 0 Å². The highest BCUT2D eigenvalue weighted by molar-refractivity contribution is 9.10. The first-order valence-corrected chi connectivity index (χ1v) is 7.30. The van der Waals surface area contributed by atoms with Crippen molar-refractivity contribution in [1.29, 1.82) is 0 Å².